The Labute approximate surface area is 137 Å². The molecule has 0 saturated heterocycles. The van der Waals surface area contributed by atoms with E-state index < -0.39 is 0 Å². The fourth-order valence-corrected chi connectivity index (χ4v) is 3.17. The van der Waals surface area contributed by atoms with Gasteiger partial charge >= 0.3 is 0 Å². The zero-order valence-corrected chi connectivity index (χ0v) is 13.2. The van der Waals surface area contributed by atoms with E-state index in [1.807, 2.05) is 19.1 Å². The first kappa shape index (κ1) is 15.3. The average molecular weight is 327 g/mol. The summed E-state index contributed by atoms with van der Waals surface area (Å²) in [6, 6.07) is 10.0. The maximum absolute atomic E-state index is 13.6. The topological polar surface area (TPSA) is 54.9 Å². The van der Waals surface area contributed by atoms with Crippen molar-refractivity contribution in [1.29, 1.82) is 0 Å². The van der Waals surface area contributed by atoms with E-state index in [9.17, 15) is 9.18 Å². The number of rotatable bonds is 4. The number of pyridine rings is 1. The molecule has 0 spiro atoms. The molecular weight excluding hydrogens is 313 g/mol. The number of hydrogen-bond donors (Lipinski definition) is 1. The maximum Gasteiger partial charge on any atom is 0.230 e. The van der Waals surface area contributed by atoms with Gasteiger partial charge in [0, 0.05) is 18.0 Å². The zero-order chi connectivity index (χ0) is 16.2. The Morgan fingerprint density at radius 3 is 2.83 bits per heavy atom. The van der Waals surface area contributed by atoms with Crippen molar-refractivity contribution in [3.63, 3.8) is 0 Å². The highest BCUT2D eigenvalue weighted by Gasteiger charge is 2.13. The number of thiazole rings is 1. The van der Waals surface area contributed by atoms with E-state index in [-0.39, 0.29) is 18.1 Å². The summed E-state index contributed by atoms with van der Waals surface area (Å²) in [7, 11) is 0. The summed E-state index contributed by atoms with van der Waals surface area (Å²) < 4.78 is 13.6. The van der Waals surface area contributed by atoms with Crippen LogP contribution in [-0.2, 0) is 11.2 Å². The molecule has 0 bridgehead atoms. The van der Waals surface area contributed by atoms with Gasteiger partial charge in [0.05, 0.1) is 17.0 Å². The SMILES string of the molecule is Cc1nc(NC(=O)Cc2ccccc2F)sc1-c1cccnc1. The highest BCUT2D eigenvalue weighted by molar-refractivity contribution is 7.19. The van der Waals surface area contributed by atoms with Crippen LogP contribution in [0.2, 0.25) is 0 Å². The van der Waals surface area contributed by atoms with Crippen molar-refractivity contribution in [3.8, 4) is 10.4 Å². The molecule has 0 saturated carbocycles. The number of carbonyl (C=O) groups is 1. The number of benzene rings is 1. The number of amides is 1. The second-order valence-corrected chi connectivity index (χ2v) is 5.99. The molecule has 0 aliphatic carbocycles. The van der Waals surface area contributed by atoms with Gasteiger partial charge in [0.15, 0.2) is 5.13 Å². The lowest BCUT2D eigenvalue weighted by molar-refractivity contribution is -0.115. The number of aryl methyl sites for hydroxylation is 1. The van der Waals surface area contributed by atoms with Gasteiger partial charge in [-0.3, -0.25) is 9.78 Å². The minimum Gasteiger partial charge on any atom is -0.302 e. The molecule has 6 heteroatoms. The van der Waals surface area contributed by atoms with Crippen molar-refractivity contribution < 1.29 is 9.18 Å². The van der Waals surface area contributed by atoms with Crippen LogP contribution in [0.1, 0.15) is 11.3 Å². The molecule has 0 fully saturated rings. The first-order chi connectivity index (χ1) is 11.1. The van der Waals surface area contributed by atoms with E-state index >= 15 is 0 Å². The zero-order valence-electron chi connectivity index (χ0n) is 12.4. The average Bonchev–Trinajstić information content (AvgIpc) is 2.91. The molecule has 1 aromatic carbocycles. The highest BCUT2D eigenvalue weighted by atomic mass is 32.1. The molecule has 0 aliphatic heterocycles. The molecule has 1 amide bonds. The lowest BCUT2D eigenvalue weighted by Gasteiger charge is -2.03. The molecule has 2 aromatic heterocycles. The van der Waals surface area contributed by atoms with Crippen molar-refractivity contribution >= 4 is 22.4 Å². The summed E-state index contributed by atoms with van der Waals surface area (Å²) in [5.41, 5.74) is 2.15. The molecule has 3 rings (SSSR count). The molecular formula is C17H14FN3OS. The van der Waals surface area contributed by atoms with Crippen LogP contribution in [0.5, 0.6) is 0 Å². The molecule has 4 nitrogen and oxygen atoms in total. The minimum atomic E-state index is -0.381. The Bertz CT molecular complexity index is 833. The van der Waals surface area contributed by atoms with Crippen molar-refractivity contribution in [2.45, 2.75) is 13.3 Å². The molecule has 23 heavy (non-hydrogen) atoms. The molecule has 0 aliphatic rings. The largest absolute Gasteiger partial charge is 0.302 e. The Morgan fingerprint density at radius 2 is 2.09 bits per heavy atom. The van der Waals surface area contributed by atoms with Crippen LogP contribution in [0.3, 0.4) is 0 Å². The van der Waals surface area contributed by atoms with Gasteiger partial charge in [-0.15, -0.1) is 0 Å². The smallest absolute Gasteiger partial charge is 0.230 e. The summed E-state index contributed by atoms with van der Waals surface area (Å²) >= 11 is 1.38. The van der Waals surface area contributed by atoms with Gasteiger partial charge in [0.2, 0.25) is 5.91 Å². The highest BCUT2D eigenvalue weighted by Crippen LogP contribution is 2.32. The van der Waals surface area contributed by atoms with Crippen molar-refractivity contribution in [1.82, 2.24) is 9.97 Å². The molecule has 0 atom stereocenters. The van der Waals surface area contributed by atoms with Crippen molar-refractivity contribution in [2.75, 3.05) is 5.32 Å². The fourth-order valence-electron chi connectivity index (χ4n) is 2.19. The van der Waals surface area contributed by atoms with Crippen LogP contribution in [0.4, 0.5) is 9.52 Å². The van der Waals surface area contributed by atoms with Crippen LogP contribution >= 0.6 is 11.3 Å². The number of hydrogen-bond acceptors (Lipinski definition) is 4. The molecule has 1 N–H and O–H groups in total. The van der Waals surface area contributed by atoms with Gasteiger partial charge in [-0.05, 0) is 24.6 Å². The van der Waals surface area contributed by atoms with Crippen LogP contribution in [0.25, 0.3) is 10.4 Å². The van der Waals surface area contributed by atoms with Gasteiger partial charge in [-0.2, -0.15) is 0 Å². The third kappa shape index (κ3) is 3.60. The van der Waals surface area contributed by atoms with Crippen LogP contribution < -0.4 is 5.32 Å². The Morgan fingerprint density at radius 1 is 1.26 bits per heavy atom. The summed E-state index contributed by atoms with van der Waals surface area (Å²) in [5, 5.41) is 3.23. The van der Waals surface area contributed by atoms with Crippen molar-refractivity contribution in [3.05, 3.63) is 65.9 Å². The van der Waals surface area contributed by atoms with E-state index in [0.717, 1.165) is 16.1 Å². The van der Waals surface area contributed by atoms with Crippen LogP contribution in [0.15, 0.2) is 48.8 Å². The summed E-state index contributed by atoms with van der Waals surface area (Å²) in [6.45, 7) is 1.88. The number of halogens is 1. The molecule has 2 heterocycles. The Balaban J connectivity index is 1.74. The second kappa shape index (κ2) is 6.66. The van der Waals surface area contributed by atoms with Gasteiger partial charge in [0.1, 0.15) is 5.82 Å². The third-order valence-electron chi connectivity index (χ3n) is 3.28. The number of aromatic nitrogens is 2. The Kier molecular flexibility index (Phi) is 4.43. The van der Waals surface area contributed by atoms with E-state index in [1.54, 1.807) is 30.6 Å². The van der Waals surface area contributed by atoms with E-state index in [2.05, 4.69) is 15.3 Å². The lowest BCUT2D eigenvalue weighted by atomic mass is 10.1. The summed E-state index contributed by atoms with van der Waals surface area (Å²) in [6.07, 6.45) is 3.44. The normalized spacial score (nSPS) is 10.5. The van der Waals surface area contributed by atoms with Gasteiger partial charge in [-0.1, -0.05) is 35.6 Å². The predicted octanol–water partition coefficient (Wildman–Crippen LogP) is 3.83. The van der Waals surface area contributed by atoms with E-state index in [0.29, 0.717) is 10.7 Å². The third-order valence-corrected chi connectivity index (χ3v) is 4.40. The first-order valence-electron chi connectivity index (χ1n) is 7.04. The Hall–Kier alpha value is -2.60. The monoisotopic (exact) mass is 327 g/mol. The molecule has 116 valence electrons. The molecule has 0 unspecified atom stereocenters. The second-order valence-electron chi connectivity index (χ2n) is 4.99. The van der Waals surface area contributed by atoms with E-state index in [1.165, 1.54) is 17.4 Å². The summed E-state index contributed by atoms with van der Waals surface area (Å²) in [4.78, 5) is 21.5. The number of nitrogens with zero attached hydrogens (tertiary/aromatic N) is 2. The quantitative estimate of drug-likeness (QED) is 0.792. The maximum atomic E-state index is 13.6. The first-order valence-corrected chi connectivity index (χ1v) is 7.86. The standard InChI is InChI=1S/C17H14FN3OS/c1-11-16(13-6-4-8-19-10-13)23-17(20-11)21-15(22)9-12-5-2-3-7-14(12)18/h2-8,10H,9H2,1H3,(H,20,21,22). The lowest BCUT2D eigenvalue weighted by Crippen LogP contribution is -2.15. The van der Waals surface area contributed by atoms with Crippen molar-refractivity contribution in [2.24, 2.45) is 0 Å². The van der Waals surface area contributed by atoms with Crippen LogP contribution in [-0.4, -0.2) is 15.9 Å². The van der Waals surface area contributed by atoms with Gasteiger partial charge in [-0.25, -0.2) is 9.37 Å². The predicted molar refractivity (Wildman–Crippen MR) is 88.8 cm³/mol. The van der Waals surface area contributed by atoms with Gasteiger partial charge < -0.3 is 5.32 Å². The number of nitrogens with one attached hydrogen (secondary N) is 1. The number of carbonyl (C=O) groups excluding carboxylic acids is 1. The van der Waals surface area contributed by atoms with E-state index in [4.69, 9.17) is 0 Å². The molecule has 0 radical (unpaired) electrons. The summed E-state index contributed by atoms with van der Waals surface area (Å²) in [5.74, 6) is -0.671. The van der Waals surface area contributed by atoms with Crippen LogP contribution in [0, 0.1) is 12.7 Å². The van der Waals surface area contributed by atoms with Gasteiger partial charge in [0.25, 0.3) is 0 Å². The fraction of sp³-hybridized carbons (Fsp3) is 0.118. The molecule has 3 aromatic rings. The number of anilines is 1. The minimum absolute atomic E-state index is 0.0203.